The Morgan fingerprint density at radius 2 is 2.00 bits per heavy atom. The average Bonchev–Trinajstić information content (AvgIpc) is 2.96. The Bertz CT molecular complexity index is 1130. The molecule has 0 unspecified atom stereocenters. The molecule has 0 aliphatic rings. The molecule has 8 heteroatoms. The summed E-state index contributed by atoms with van der Waals surface area (Å²) in [4.78, 5) is 21.3. The standard InChI is InChI=1S/C15H9Cl2N5O/c1-8-13-12(22-15(20-8)18-7-19-22)4-5-21(14(13)23)11-3-2-9(16)6-10(11)17/h2-7H,1H3. The Balaban J connectivity index is 2.11. The highest BCUT2D eigenvalue weighted by Crippen LogP contribution is 2.24. The van der Waals surface area contributed by atoms with Crippen molar-refractivity contribution in [3.63, 3.8) is 0 Å². The van der Waals surface area contributed by atoms with Crippen LogP contribution >= 0.6 is 23.2 Å². The van der Waals surface area contributed by atoms with Crippen molar-refractivity contribution in [3.05, 3.63) is 62.9 Å². The predicted octanol–water partition coefficient (Wildman–Crippen LogP) is 3.04. The van der Waals surface area contributed by atoms with Crippen LogP contribution in [0.1, 0.15) is 5.69 Å². The maximum absolute atomic E-state index is 12.9. The van der Waals surface area contributed by atoms with Gasteiger partial charge in [-0.1, -0.05) is 23.2 Å². The Labute approximate surface area is 139 Å². The predicted molar refractivity (Wildman–Crippen MR) is 88.6 cm³/mol. The van der Waals surface area contributed by atoms with Crippen LogP contribution < -0.4 is 5.56 Å². The summed E-state index contributed by atoms with van der Waals surface area (Å²) < 4.78 is 3.01. The molecule has 4 aromatic rings. The molecule has 0 N–H and O–H groups in total. The lowest BCUT2D eigenvalue weighted by Crippen LogP contribution is -2.20. The third kappa shape index (κ3) is 2.10. The fourth-order valence-electron chi connectivity index (χ4n) is 2.60. The first-order valence-electron chi connectivity index (χ1n) is 6.73. The van der Waals surface area contributed by atoms with E-state index in [0.717, 1.165) is 0 Å². The molecule has 0 saturated heterocycles. The minimum absolute atomic E-state index is 0.228. The van der Waals surface area contributed by atoms with Gasteiger partial charge in [-0.2, -0.15) is 14.6 Å². The largest absolute Gasteiger partial charge is 0.282 e. The number of halogens is 2. The third-order valence-corrected chi connectivity index (χ3v) is 4.16. The highest BCUT2D eigenvalue weighted by Gasteiger charge is 2.14. The summed E-state index contributed by atoms with van der Waals surface area (Å²) in [5.41, 5.74) is 1.57. The fraction of sp³-hybridized carbons (Fsp3) is 0.0667. The average molecular weight is 346 g/mol. The molecule has 0 aliphatic heterocycles. The van der Waals surface area contributed by atoms with Crippen molar-refractivity contribution in [2.75, 3.05) is 0 Å². The molecule has 0 fully saturated rings. The van der Waals surface area contributed by atoms with Crippen LogP contribution in [0.15, 0.2) is 41.6 Å². The summed E-state index contributed by atoms with van der Waals surface area (Å²) in [7, 11) is 0. The first-order chi connectivity index (χ1) is 11.1. The summed E-state index contributed by atoms with van der Waals surface area (Å²) in [6.07, 6.45) is 3.06. The zero-order chi connectivity index (χ0) is 16.1. The van der Waals surface area contributed by atoms with Gasteiger partial charge in [0.05, 0.1) is 27.3 Å². The molecular weight excluding hydrogens is 337 g/mol. The molecule has 0 bridgehead atoms. The number of fused-ring (bicyclic) bond motifs is 3. The maximum Gasteiger partial charge on any atom is 0.266 e. The number of hydrogen-bond donors (Lipinski definition) is 0. The summed E-state index contributed by atoms with van der Waals surface area (Å²) in [6.45, 7) is 1.77. The van der Waals surface area contributed by atoms with Crippen LogP contribution in [-0.4, -0.2) is 24.1 Å². The first-order valence-corrected chi connectivity index (χ1v) is 7.49. The molecule has 23 heavy (non-hydrogen) atoms. The van der Waals surface area contributed by atoms with Gasteiger partial charge in [0.1, 0.15) is 6.33 Å². The van der Waals surface area contributed by atoms with E-state index < -0.39 is 0 Å². The summed E-state index contributed by atoms with van der Waals surface area (Å²) in [5.74, 6) is 0.455. The molecule has 0 radical (unpaired) electrons. The third-order valence-electron chi connectivity index (χ3n) is 3.63. The lowest BCUT2D eigenvalue weighted by Gasteiger charge is -2.11. The van der Waals surface area contributed by atoms with E-state index in [1.165, 1.54) is 15.4 Å². The Hall–Kier alpha value is -2.44. The van der Waals surface area contributed by atoms with E-state index in [2.05, 4.69) is 15.1 Å². The van der Waals surface area contributed by atoms with Crippen LogP contribution in [-0.2, 0) is 0 Å². The van der Waals surface area contributed by atoms with Gasteiger partial charge in [-0.15, -0.1) is 0 Å². The van der Waals surface area contributed by atoms with Crippen molar-refractivity contribution in [1.82, 2.24) is 24.1 Å². The number of aromatic nitrogens is 5. The van der Waals surface area contributed by atoms with Gasteiger partial charge >= 0.3 is 0 Å². The SMILES string of the molecule is Cc1nc2ncnn2c2ccn(-c3ccc(Cl)cc3Cl)c(=O)c12. The normalized spacial score (nSPS) is 11.4. The smallest absolute Gasteiger partial charge is 0.266 e. The maximum atomic E-state index is 12.9. The molecule has 114 valence electrons. The zero-order valence-corrected chi connectivity index (χ0v) is 13.4. The van der Waals surface area contributed by atoms with Crippen LogP contribution in [0.4, 0.5) is 0 Å². The van der Waals surface area contributed by atoms with Gasteiger partial charge in [0, 0.05) is 11.2 Å². The Morgan fingerprint density at radius 1 is 1.17 bits per heavy atom. The van der Waals surface area contributed by atoms with Crippen molar-refractivity contribution in [1.29, 1.82) is 0 Å². The number of aryl methyl sites for hydroxylation is 1. The molecular formula is C15H9Cl2N5O. The van der Waals surface area contributed by atoms with Gasteiger partial charge in [-0.05, 0) is 31.2 Å². The van der Waals surface area contributed by atoms with Crippen LogP contribution in [0.2, 0.25) is 10.0 Å². The quantitative estimate of drug-likeness (QED) is 0.531. The molecule has 0 saturated carbocycles. The van der Waals surface area contributed by atoms with Gasteiger partial charge in [0.25, 0.3) is 11.3 Å². The number of benzene rings is 1. The molecule has 0 atom stereocenters. The van der Waals surface area contributed by atoms with E-state index in [1.54, 1.807) is 37.4 Å². The van der Waals surface area contributed by atoms with Gasteiger partial charge < -0.3 is 0 Å². The molecule has 4 rings (SSSR count). The lowest BCUT2D eigenvalue weighted by molar-refractivity contribution is 0.949. The molecule has 3 aromatic heterocycles. The second-order valence-corrected chi connectivity index (χ2v) is 5.86. The zero-order valence-electron chi connectivity index (χ0n) is 11.9. The lowest BCUT2D eigenvalue weighted by atomic mass is 10.2. The van der Waals surface area contributed by atoms with E-state index in [4.69, 9.17) is 23.2 Å². The van der Waals surface area contributed by atoms with E-state index in [-0.39, 0.29) is 5.56 Å². The molecule has 0 amide bonds. The minimum atomic E-state index is -0.228. The Kier molecular flexibility index (Phi) is 3.11. The second kappa shape index (κ2) is 5.04. The summed E-state index contributed by atoms with van der Waals surface area (Å²) >= 11 is 12.1. The van der Waals surface area contributed by atoms with Crippen molar-refractivity contribution in [3.8, 4) is 5.69 Å². The van der Waals surface area contributed by atoms with Crippen molar-refractivity contribution in [2.24, 2.45) is 0 Å². The second-order valence-electron chi connectivity index (χ2n) is 5.02. The van der Waals surface area contributed by atoms with Gasteiger partial charge in [-0.3, -0.25) is 9.36 Å². The molecule has 3 heterocycles. The summed E-state index contributed by atoms with van der Waals surface area (Å²) in [5, 5.41) is 5.48. The minimum Gasteiger partial charge on any atom is -0.282 e. The van der Waals surface area contributed by atoms with E-state index in [1.807, 2.05) is 0 Å². The van der Waals surface area contributed by atoms with E-state index in [9.17, 15) is 4.79 Å². The van der Waals surface area contributed by atoms with Crippen molar-refractivity contribution in [2.45, 2.75) is 6.92 Å². The van der Waals surface area contributed by atoms with Gasteiger partial charge in [-0.25, -0.2) is 4.98 Å². The topological polar surface area (TPSA) is 65.1 Å². The van der Waals surface area contributed by atoms with Gasteiger partial charge in [0.15, 0.2) is 0 Å². The van der Waals surface area contributed by atoms with Crippen molar-refractivity contribution < 1.29 is 0 Å². The number of nitrogens with zero attached hydrogens (tertiary/aromatic N) is 5. The summed E-state index contributed by atoms with van der Waals surface area (Å²) in [6, 6.07) is 6.78. The first kappa shape index (κ1) is 14.2. The van der Waals surface area contributed by atoms with Crippen LogP contribution in [0, 0.1) is 6.92 Å². The number of pyridine rings is 1. The molecule has 0 spiro atoms. The van der Waals surface area contributed by atoms with Crippen molar-refractivity contribution >= 4 is 39.9 Å². The fourth-order valence-corrected chi connectivity index (χ4v) is 3.10. The highest BCUT2D eigenvalue weighted by molar-refractivity contribution is 6.35. The molecule has 0 aliphatic carbocycles. The molecule has 1 aromatic carbocycles. The van der Waals surface area contributed by atoms with Crippen LogP contribution in [0.25, 0.3) is 22.4 Å². The van der Waals surface area contributed by atoms with E-state index >= 15 is 0 Å². The monoisotopic (exact) mass is 345 g/mol. The number of hydrogen-bond acceptors (Lipinski definition) is 4. The highest BCUT2D eigenvalue weighted by atomic mass is 35.5. The van der Waals surface area contributed by atoms with Gasteiger partial charge in [0.2, 0.25) is 0 Å². The van der Waals surface area contributed by atoms with E-state index in [0.29, 0.717) is 38.1 Å². The molecule has 6 nitrogen and oxygen atoms in total. The van der Waals surface area contributed by atoms with Crippen LogP contribution in [0.3, 0.4) is 0 Å². The van der Waals surface area contributed by atoms with Crippen LogP contribution in [0.5, 0.6) is 0 Å². The Morgan fingerprint density at radius 3 is 2.78 bits per heavy atom. The number of rotatable bonds is 1.